The first-order chi connectivity index (χ1) is 9.63. The fourth-order valence-electron chi connectivity index (χ4n) is 1.66. The second kappa shape index (κ2) is 6.05. The zero-order chi connectivity index (χ0) is 14.5. The first-order valence-electron chi connectivity index (χ1n) is 5.91. The minimum absolute atomic E-state index is 0.0480. The van der Waals surface area contributed by atoms with Crippen molar-refractivity contribution in [3.63, 3.8) is 0 Å². The van der Waals surface area contributed by atoms with Gasteiger partial charge in [-0.25, -0.2) is 0 Å². The van der Waals surface area contributed by atoms with Gasteiger partial charge in [-0.05, 0) is 18.2 Å². The van der Waals surface area contributed by atoms with Crippen LogP contribution in [0, 0.1) is 0 Å². The van der Waals surface area contributed by atoms with Gasteiger partial charge >= 0.3 is 5.97 Å². The second-order valence-electron chi connectivity index (χ2n) is 3.98. The molecule has 0 atom stereocenters. The average molecular weight is 278 g/mol. The van der Waals surface area contributed by atoms with Gasteiger partial charge in [0.25, 0.3) is 0 Å². The molecular formula is C13H14N2O5. The van der Waals surface area contributed by atoms with Gasteiger partial charge in [0.1, 0.15) is 0 Å². The predicted molar refractivity (Wildman–Crippen MR) is 68.8 cm³/mol. The molecule has 106 valence electrons. The highest BCUT2D eigenvalue weighted by Gasteiger charge is 2.12. The van der Waals surface area contributed by atoms with Crippen LogP contribution in [0.4, 0.5) is 0 Å². The Kier molecular flexibility index (Phi) is 4.19. The first kappa shape index (κ1) is 13.9. The van der Waals surface area contributed by atoms with Crippen molar-refractivity contribution >= 4 is 5.97 Å². The first-order valence-corrected chi connectivity index (χ1v) is 5.91. The van der Waals surface area contributed by atoms with Gasteiger partial charge < -0.3 is 19.1 Å². The van der Waals surface area contributed by atoms with Gasteiger partial charge in [-0.3, -0.25) is 4.79 Å². The Morgan fingerprint density at radius 1 is 1.30 bits per heavy atom. The number of hydrogen-bond acceptors (Lipinski definition) is 6. The molecule has 7 heteroatoms. The SMILES string of the molecule is COc1ccc(-c2noc(CCC(=O)O)n2)cc1OC. The molecule has 1 heterocycles. The molecule has 0 aliphatic rings. The number of hydrogen-bond donors (Lipinski definition) is 1. The van der Waals surface area contributed by atoms with Crippen LogP contribution in [0.5, 0.6) is 11.5 Å². The number of aliphatic carboxylic acids is 1. The summed E-state index contributed by atoms with van der Waals surface area (Å²) in [6.45, 7) is 0. The van der Waals surface area contributed by atoms with E-state index in [2.05, 4.69) is 10.1 Å². The van der Waals surface area contributed by atoms with Crippen molar-refractivity contribution in [3.05, 3.63) is 24.1 Å². The van der Waals surface area contributed by atoms with Gasteiger partial charge in [0.2, 0.25) is 11.7 Å². The molecule has 0 amide bonds. The summed E-state index contributed by atoms with van der Waals surface area (Å²) < 4.78 is 15.3. The molecule has 0 saturated heterocycles. The molecule has 0 fully saturated rings. The zero-order valence-corrected chi connectivity index (χ0v) is 11.1. The molecule has 0 bridgehead atoms. The van der Waals surface area contributed by atoms with Gasteiger partial charge in [-0.2, -0.15) is 4.98 Å². The average Bonchev–Trinajstić information content (AvgIpc) is 2.93. The number of aromatic nitrogens is 2. The Morgan fingerprint density at radius 3 is 2.70 bits per heavy atom. The summed E-state index contributed by atoms with van der Waals surface area (Å²) in [4.78, 5) is 14.6. The lowest BCUT2D eigenvalue weighted by atomic mass is 10.2. The van der Waals surface area contributed by atoms with Crippen LogP contribution in [0.2, 0.25) is 0 Å². The van der Waals surface area contributed by atoms with E-state index in [1.54, 1.807) is 25.3 Å². The smallest absolute Gasteiger partial charge is 0.303 e. The van der Waals surface area contributed by atoms with E-state index in [0.717, 1.165) is 0 Å². The Labute approximate surface area is 115 Å². The Balaban J connectivity index is 2.21. The number of benzene rings is 1. The third-order valence-electron chi connectivity index (χ3n) is 2.66. The maximum atomic E-state index is 10.5. The standard InChI is InChI=1S/C13H14N2O5/c1-18-9-4-3-8(7-10(9)19-2)13-14-11(20-15-13)5-6-12(16)17/h3-4,7H,5-6H2,1-2H3,(H,16,17). The molecule has 1 aromatic carbocycles. The molecule has 0 spiro atoms. The molecule has 1 aromatic heterocycles. The zero-order valence-electron chi connectivity index (χ0n) is 11.1. The fourth-order valence-corrected chi connectivity index (χ4v) is 1.66. The summed E-state index contributed by atoms with van der Waals surface area (Å²) in [5.41, 5.74) is 0.702. The van der Waals surface area contributed by atoms with Crippen molar-refractivity contribution in [1.29, 1.82) is 0 Å². The topological polar surface area (TPSA) is 94.7 Å². The lowest BCUT2D eigenvalue weighted by Gasteiger charge is -2.07. The number of methoxy groups -OCH3 is 2. The summed E-state index contributed by atoms with van der Waals surface area (Å²) in [6.07, 6.45) is 0.156. The quantitative estimate of drug-likeness (QED) is 0.860. The third-order valence-corrected chi connectivity index (χ3v) is 2.66. The lowest BCUT2D eigenvalue weighted by molar-refractivity contribution is -0.137. The lowest BCUT2D eigenvalue weighted by Crippen LogP contribution is -1.97. The van der Waals surface area contributed by atoms with Gasteiger partial charge in [0.05, 0.1) is 20.6 Å². The van der Waals surface area contributed by atoms with E-state index in [1.807, 2.05) is 0 Å². The predicted octanol–water partition coefficient (Wildman–Crippen LogP) is 1.77. The molecule has 0 unspecified atom stereocenters. The summed E-state index contributed by atoms with van der Waals surface area (Å²) in [6, 6.07) is 5.24. The highest BCUT2D eigenvalue weighted by molar-refractivity contribution is 5.67. The fraction of sp³-hybridized carbons (Fsp3) is 0.308. The third kappa shape index (κ3) is 3.05. The molecule has 0 radical (unpaired) electrons. The van der Waals surface area contributed by atoms with Crippen molar-refractivity contribution < 1.29 is 23.9 Å². The van der Waals surface area contributed by atoms with Crippen LogP contribution >= 0.6 is 0 Å². The summed E-state index contributed by atoms with van der Waals surface area (Å²) in [5, 5.41) is 12.4. The maximum Gasteiger partial charge on any atom is 0.303 e. The van der Waals surface area contributed by atoms with Crippen LogP contribution in [-0.4, -0.2) is 35.4 Å². The van der Waals surface area contributed by atoms with E-state index in [4.69, 9.17) is 19.1 Å². The number of carboxylic acids is 1. The Bertz CT molecular complexity index is 609. The summed E-state index contributed by atoms with van der Waals surface area (Å²) in [7, 11) is 3.09. The van der Waals surface area contributed by atoms with Gasteiger partial charge in [0.15, 0.2) is 11.5 Å². The molecule has 0 aliphatic heterocycles. The Hall–Kier alpha value is -2.57. The van der Waals surface area contributed by atoms with E-state index in [0.29, 0.717) is 22.9 Å². The van der Waals surface area contributed by atoms with E-state index in [1.165, 1.54) is 7.11 Å². The number of aryl methyl sites for hydroxylation is 1. The van der Waals surface area contributed by atoms with E-state index >= 15 is 0 Å². The van der Waals surface area contributed by atoms with Crippen molar-refractivity contribution in [3.8, 4) is 22.9 Å². The summed E-state index contributed by atoms with van der Waals surface area (Å²) in [5.74, 6) is 0.923. The van der Waals surface area contributed by atoms with E-state index in [9.17, 15) is 4.79 Å². The highest BCUT2D eigenvalue weighted by Crippen LogP contribution is 2.31. The molecular weight excluding hydrogens is 264 g/mol. The van der Waals surface area contributed by atoms with E-state index < -0.39 is 5.97 Å². The molecule has 20 heavy (non-hydrogen) atoms. The van der Waals surface area contributed by atoms with Gasteiger partial charge in [-0.15, -0.1) is 0 Å². The van der Waals surface area contributed by atoms with Crippen molar-refractivity contribution in [2.24, 2.45) is 0 Å². The number of nitrogens with zero attached hydrogens (tertiary/aromatic N) is 2. The minimum Gasteiger partial charge on any atom is -0.493 e. The number of ether oxygens (including phenoxy) is 2. The van der Waals surface area contributed by atoms with Crippen molar-refractivity contribution in [2.45, 2.75) is 12.8 Å². The molecule has 1 N–H and O–H groups in total. The monoisotopic (exact) mass is 278 g/mol. The van der Waals surface area contributed by atoms with Gasteiger partial charge in [0, 0.05) is 12.0 Å². The van der Waals surface area contributed by atoms with Crippen LogP contribution in [0.15, 0.2) is 22.7 Å². The number of carbonyl (C=O) groups is 1. The van der Waals surface area contributed by atoms with E-state index in [-0.39, 0.29) is 18.7 Å². The highest BCUT2D eigenvalue weighted by atomic mass is 16.5. The number of rotatable bonds is 6. The molecule has 2 rings (SSSR count). The normalized spacial score (nSPS) is 10.3. The molecule has 7 nitrogen and oxygen atoms in total. The second-order valence-corrected chi connectivity index (χ2v) is 3.98. The number of carboxylic acid groups (broad SMARTS) is 1. The largest absolute Gasteiger partial charge is 0.493 e. The molecule has 2 aromatic rings. The maximum absolute atomic E-state index is 10.5. The van der Waals surface area contributed by atoms with Crippen LogP contribution in [0.25, 0.3) is 11.4 Å². The van der Waals surface area contributed by atoms with Crippen LogP contribution < -0.4 is 9.47 Å². The van der Waals surface area contributed by atoms with Crippen LogP contribution in [0.3, 0.4) is 0 Å². The molecule has 0 aliphatic carbocycles. The van der Waals surface area contributed by atoms with Gasteiger partial charge in [-0.1, -0.05) is 5.16 Å². The van der Waals surface area contributed by atoms with Crippen LogP contribution in [-0.2, 0) is 11.2 Å². The minimum atomic E-state index is -0.907. The Morgan fingerprint density at radius 2 is 2.05 bits per heavy atom. The van der Waals surface area contributed by atoms with Crippen LogP contribution in [0.1, 0.15) is 12.3 Å². The van der Waals surface area contributed by atoms with Crippen molar-refractivity contribution in [1.82, 2.24) is 10.1 Å². The summed E-state index contributed by atoms with van der Waals surface area (Å²) >= 11 is 0. The van der Waals surface area contributed by atoms with Crippen molar-refractivity contribution in [2.75, 3.05) is 14.2 Å². The molecule has 0 saturated carbocycles.